The van der Waals surface area contributed by atoms with E-state index >= 15 is 0 Å². The van der Waals surface area contributed by atoms with Gasteiger partial charge in [-0.3, -0.25) is 4.79 Å². The van der Waals surface area contributed by atoms with Crippen LogP contribution in [0.4, 0.5) is 14.6 Å². The molecule has 18 heavy (non-hydrogen) atoms. The summed E-state index contributed by atoms with van der Waals surface area (Å²) in [6.45, 7) is 1.70. The minimum atomic E-state index is -1.07. The largest absolute Gasteiger partial charge is 0.383 e. The Bertz CT molecular complexity index is 606. The second kappa shape index (κ2) is 4.52. The van der Waals surface area contributed by atoms with Crippen molar-refractivity contribution in [3.05, 3.63) is 58.8 Å². The Labute approximate surface area is 102 Å². The maximum atomic E-state index is 13.1. The average molecular weight is 248 g/mol. The van der Waals surface area contributed by atoms with E-state index in [4.69, 9.17) is 5.73 Å². The summed E-state index contributed by atoms with van der Waals surface area (Å²) in [5.74, 6) is -2.47. The number of aryl methyl sites for hydroxylation is 1. The van der Waals surface area contributed by atoms with E-state index in [1.807, 2.05) is 0 Å². The average Bonchev–Trinajstić information content (AvgIpc) is 2.32. The maximum absolute atomic E-state index is 13.1. The van der Waals surface area contributed by atoms with Crippen LogP contribution in [0.15, 0.2) is 30.5 Å². The van der Waals surface area contributed by atoms with Crippen LogP contribution >= 0.6 is 0 Å². The first-order chi connectivity index (χ1) is 8.50. The summed E-state index contributed by atoms with van der Waals surface area (Å²) < 4.78 is 25.9. The topological polar surface area (TPSA) is 56.0 Å². The van der Waals surface area contributed by atoms with E-state index in [1.165, 1.54) is 12.3 Å². The van der Waals surface area contributed by atoms with Crippen LogP contribution in [0.5, 0.6) is 0 Å². The Balaban J connectivity index is 2.51. The lowest BCUT2D eigenvalue weighted by molar-refractivity contribution is 0.103. The lowest BCUT2D eigenvalue weighted by Crippen LogP contribution is -2.09. The Morgan fingerprint density at radius 2 is 1.94 bits per heavy atom. The van der Waals surface area contributed by atoms with Crippen LogP contribution in [0.25, 0.3) is 0 Å². The number of hydrogen-bond donors (Lipinski definition) is 1. The van der Waals surface area contributed by atoms with Crippen molar-refractivity contribution in [3.8, 4) is 0 Å². The zero-order valence-electron chi connectivity index (χ0n) is 9.58. The highest BCUT2D eigenvalue weighted by atomic mass is 19.2. The minimum absolute atomic E-state index is 0.0386. The van der Waals surface area contributed by atoms with Crippen LogP contribution in [-0.2, 0) is 0 Å². The molecule has 2 rings (SSSR count). The van der Waals surface area contributed by atoms with Crippen molar-refractivity contribution < 1.29 is 13.6 Å². The number of nitrogens with two attached hydrogens (primary N) is 1. The maximum Gasteiger partial charge on any atom is 0.197 e. The number of nitrogen functional groups attached to an aromatic ring is 1. The first-order valence-corrected chi connectivity index (χ1v) is 5.21. The number of aromatic nitrogens is 1. The molecule has 5 heteroatoms. The Kier molecular flexibility index (Phi) is 3.06. The molecule has 0 spiro atoms. The van der Waals surface area contributed by atoms with Crippen molar-refractivity contribution in [3.63, 3.8) is 0 Å². The molecule has 0 unspecified atom stereocenters. The second-order valence-corrected chi connectivity index (χ2v) is 3.85. The molecule has 2 aromatic rings. The van der Waals surface area contributed by atoms with Crippen LogP contribution < -0.4 is 5.73 Å². The molecular weight excluding hydrogens is 238 g/mol. The fourth-order valence-corrected chi connectivity index (χ4v) is 1.66. The molecule has 0 aliphatic carbocycles. The molecule has 1 heterocycles. The standard InChI is InChI=1S/C13H10F2N2O/c1-7-4-5-17-13(16)11(7)12(18)8-2-3-9(14)10(15)6-8/h2-6H,1H3,(H2,16,17). The van der Waals surface area contributed by atoms with E-state index in [2.05, 4.69) is 4.98 Å². The number of benzene rings is 1. The molecule has 0 saturated carbocycles. The van der Waals surface area contributed by atoms with Gasteiger partial charge in [-0.2, -0.15) is 0 Å². The van der Waals surface area contributed by atoms with Crippen molar-refractivity contribution in [1.29, 1.82) is 0 Å². The summed E-state index contributed by atoms with van der Waals surface area (Å²) >= 11 is 0. The molecule has 92 valence electrons. The summed E-state index contributed by atoms with van der Waals surface area (Å²) in [4.78, 5) is 16.0. The molecule has 1 aromatic heterocycles. The third-order valence-corrected chi connectivity index (χ3v) is 2.60. The van der Waals surface area contributed by atoms with Gasteiger partial charge in [0.15, 0.2) is 17.4 Å². The van der Waals surface area contributed by atoms with Gasteiger partial charge in [-0.25, -0.2) is 13.8 Å². The van der Waals surface area contributed by atoms with Crippen molar-refractivity contribution in [2.24, 2.45) is 0 Å². The van der Waals surface area contributed by atoms with E-state index in [9.17, 15) is 13.6 Å². The number of ketones is 1. The predicted molar refractivity (Wildman–Crippen MR) is 63.2 cm³/mol. The number of anilines is 1. The summed E-state index contributed by atoms with van der Waals surface area (Å²) in [6, 6.07) is 4.60. The van der Waals surface area contributed by atoms with Crippen LogP contribution in [0, 0.1) is 18.6 Å². The van der Waals surface area contributed by atoms with Gasteiger partial charge in [0, 0.05) is 11.8 Å². The summed E-state index contributed by atoms with van der Waals surface area (Å²) in [5, 5.41) is 0. The van der Waals surface area contributed by atoms with E-state index in [-0.39, 0.29) is 16.9 Å². The normalized spacial score (nSPS) is 10.4. The molecule has 0 bridgehead atoms. The molecule has 0 radical (unpaired) electrons. The van der Waals surface area contributed by atoms with E-state index < -0.39 is 17.4 Å². The van der Waals surface area contributed by atoms with Gasteiger partial charge in [-0.15, -0.1) is 0 Å². The Hall–Kier alpha value is -2.30. The van der Waals surface area contributed by atoms with Crippen molar-refractivity contribution in [2.45, 2.75) is 6.92 Å². The highest BCUT2D eigenvalue weighted by Crippen LogP contribution is 2.19. The predicted octanol–water partition coefficient (Wildman–Crippen LogP) is 2.48. The van der Waals surface area contributed by atoms with Crippen LogP contribution in [0.1, 0.15) is 21.5 Å². The molecule has 1 aromatic carbocycles. The van der Waals surface area contributed by atoms with E-state index in [1.54, 1.807) is 13.0 Å². The molecule has 0 aliphatic heterocycles. The lowest BCUT2D eigenvalue weighted by atomic mass is 10.00. The molecule has 0 atom stereocenters. The zero-order chi connectivity index (χ0) is 13.3. The highest BCUT2D eigenvalue weighted by Gasteiger charge is 2.17. The van der Waals surface area contributed by atoms with Crippen LogP contribution in [-0.4, -0.2) is 10.8 Å². The SMILES string of the molecule is Cc1ccnc(N)c1C(=O)c1ccc(F)c(F)c1. The van der Waals surface area contributed by atoms with Crippen LogP contribution in [0.2, 0.25) is 0 Å². The molecule has 0 aliphatic rings. The number of nitrogens with zero attached hydrogens (tertiary/aromatic N) is 1. The molecular formula is C13H10F2N2O. The molecule has 0 amide bonds. The van der Waals surface area contributed by atoms with E-state index in [0.717, 1.165) is 12.1 Å². The van der Waals surface area contributed by atoms with Gasteiger partial charge in [0.25, 0.3) is 0 Å². The number of carbonyl (C=O) groups is 1. The van der Waals surface area contributed by atoms with Gasteiger partial charge in [0.2, 0.25) is 0 Å². The van der Waals surface area contributed by atoms with E-state index in [0.29, 0.717) is 5.56 Å². The number of rotatable bonds is 2. The first kappa shape index (κ1) is 12.2. The van der Waals surface area contributed by atoms with Gasteiger partial charge < -0.3 is 5.73 Å². The summed E-state index contributed by atoms with van der Waals surface area (Å²) in [7, 11) is 0. The van der Waals surface area contributed by atoms with Crippen LogP contribution in [0.3, 0.4) is 0 Å². The lowest BCUT2D eigenvalue weighted by Gasteiger charge is -2.07. The summed E-state index contributed by atoms with van der Waals surface area (Å²) in [6.07, 6.45) is 1.48. The van der Waals surface area contributed by atoms with Gasteiger partial charge in [-0.1, -0.05) is 0 Å². The van der Waals surface area contributed by atoms with Gasteiger partial charge in [0.1, 0.15) is 5.82 Å². The van der Waals surface area contributed by atoms with Crippen molar-refractivity contribution in [1.82, 2.24) is 4.98 Å². The smallest absolute Gasteiger partial charge is 0.197 e. The molecule has 3 nitrogen and oxygen atoms in total. The van der Waals surface area contributed by atoms with Crippen molar-refractivity contribution in [2.75, 3.05) is 5.73 Å². The van der Waals surface area contributed by atoms with Gasteiger partial charge in [-0.05, 0) is 36.8 Å². The quantitative estimate of drug-likeness (QED) is 0.830. The number of hydrogen-bond acceptors (Lipinski definition) is 3. The van der Waals surface area contributed by atoms with Gasteiger partial charge >= 0.3 is 0 Å². The number of pyridine rings is 1. The molecule has 0 fully saturated rings. The molecule has 2 N–H and O–H groups in total. The summed E-state index contributed by atoms with van der Waals surface area (Å²) in [5.41, 5.74) is 6.51. The van der Waals surface area contributed by atoms with Crippen molar-refractivity contribution >= 4 is 11.6 Å². The monoisotopic (exact) mass is 248 g/mol. The number of carbonyl (C=O) groups excluding carboxylic acids is 1. The Morgan fingerprint density at radius 1 is 1.22 bits per heavy atom. The highest BCUT2D eigenvalue weighted by molar-refractivity contribution is 6.12. The third-order valence-electron chi connectivity index (χ3n) is 2.60. The molecule has 0 saturated heterocycles. The fourth-order valence-electron chi connectivity index (χ4n) is 1.66. The number of halogens is 2. The first-order valence-electron chi connectivity index (χ1n) is 5.21. The van der Waals surface area contributed by atoms with Gasteiger partial charge in [0.05, 0.1) is 5.56 Å². The Morgan fingerprint density at radius 3 is 2.56 bits per heavy atom. The third kappa shape index (κ3) is 2.07. The fraction of sp³-hybridized carbons (Fsp3) is 0.0769. The zero-order valence-corrected chi connectivity index (χ0v) is 9.58. The second-order valence-electron chi connectivity index (χ2n) is 3.85. The minimum Gasteiger partial charge on any atom is -0.383 e.